The van der Waals surface area contributed by atoms with Crippen molar-refractivity contribution in [1.82, 2.24) is 0 Å². The first-order chi connectivity index (χ1) is 6.37. The second-order valence-corrected chi connectivity index (χ2v) is 4.64. The molecule has 2 heteroatoms. The van der Waals surface area contributed by atoms with Crippen LogP contribution in [0.3, 0.4) is 0 Å². The fourth-order valence-corrected chi connectivity index (χ4v) is 1.20. The summed E-state index contributed by atoms with van der Waals surface area (Å²) in [5.74, 6) is 0.505. The number of aliphatic hydroxyl groups excluding tert-OH is 1. The molecule has 88 valence electrons. The Labute approximate surface area is 89.3 Å². The molecule has 1 atom stereocenters. The zero-order valence-corrected chi connectivity index (χ0v) is 10.5. The number of hydrogen-bond donors (Lipinski definition) is 2. The van der Waals surface area contributed by atoms with E-state index in [1.165, 1.54) is 6.42 Å². The standard InChI is InChI=1S/2C6H14O/c1-4-5-6(2,3)7;1-3-4-6(2)5-7/h7H,4-5H2,1-3H3;6-7H,3-5H2,1-2H3. The van der Waals surface area contributed by atoms with Crippen molar-refractivity contribution in [3.63, 3.8) is 0 Å². The molecule has 0 aliphatic heterocycles. The number of rotatable bonds is 5. The quantitative estimate of drug-likeness (QED) is 0.723. The van der Waals surface area contributed by atoms with Crippen molar-refractivity contribution < 1.29 is 10.2 Å². The summed E-state index contributed by atoms with van der Waals surface area (Å²) in [6, 6.07) is 0. The van der Waals surface area contributed by atoms with E-state index in [1.807, 2.05) is 13.8 Å². The highest BCUT2D eigenvalue weighted by molar-refractivity contribution is 4.61. The average molecular weight is 204 g/mol. The summed E-state index contributed by atoms with van der Waals surface area (Å²) in [6.07, 6.45) is 4.29. The predicted octanol–water partition coefficient (Wildman–Crippen LogP) is 2.97. The van der Waals surface area contributed by atoms with Gasteiger partial charge in [0.05, 0.1) is 5.60 Å². The monoisotopic (exact) mass is 204 g/mol. The summed E-state index contributed by atoms with van der Waals surface area (Å²) in [7, 11) is 0. The average Bonchev–Trinajstić information content (AvgIpc) is 2.03. The molecule has 2 nitrogen and oxygen atoms in total. The van der Waals surface area contributed by atoms with Gasteiger partial charge in [-0.25, -0.2) is 0 Å². The van der Waals surface area contributed by atoms with Crippen molar-refractivity contribution in [3.05, 3.63) is 0 Å². The molecule has 2 N–H and O–H groups in total. The molecule has 0 rings (SSSR count). The van der Waals surface area contributed by atoms with Gasteiger partial charge in [-0.05, 0) is 32.6 Å². The van der Waals surface area contributed by atoms with Gasteiger partial charge in [0.1, 0.15) is 0 Å². The molecule has 0 aromatic rings. The van der Waals surface area contributed by atoms with Crippen LogP contribution in [0, 0.1) is 5.92 Å². The van der Waals surface area contributed by atoms with Crippen molar-refractivity contribution in [2.45, 2.75) is 65.9 Å². The summed E-state index contributed by atoms with van der Waals surface area (Å²) in [4.78, 5) is 0. The van der Waals surface area contributed by atoms with Crippen LogP contribution in [0.5, 0.6) is 0 Å². The maximum atomic E-state index is 9.02. The molecule has 0 amide bonds. The van der Waals surface area contributed by atoms with Gasteiger partial charge in [0.25, 0.3) is 0 Å². The minimum absolute atomic E-state index is 0.341. The molecular weight excluding hydrogens is 176 g/mol. The highest BCUT2D eigenvalue weighted by atomic mass is 16.3. The van der Waals surface area contributed by atoms with E-state index in [0.29, 0.717) is 12.5 Å². The zero-order valence-electron chi connectivity index (χ0n) is 10.5. The molecule has 0 aromatic heterocycles. The van der Waals surface area contributed by atoms with Crippen molar-refractivity contribution in [3.8, 4) is 0 Å². The summed E-state index contributed by atoms with van der Waals surface area (Å²) < 4.78 is 0. The first-order valence-electron chi connectivity index (χ1n) is 5.70. The molecule has 0 aromatic carbocycles. The van der Waals surface area contributed by atoms with Crippen molar-refractivity contribution in [2.24, 2.45) is 5.92 Å². The van der Waals surface area contributed by atoms with E-state index in [-0.39, 0.29) is 0 Å². The van der Waals surface area contributed by atoms with Crippen LogP contribution in [0.15, 0.2) is 0 Å². The second-order valence-electron chi connectivity index (χ2n) is 4.64. The normalized spacial score (nSPS) is 13.1. The van der Waals surface area contributed by atoms with Gasteiger partial charge in [0.2, 0.25) is 0 Å². The first-order valence-corrected chi connectivity index (χ1v) is 5.70. The summed E-state index contributed by atoms with van der Waals surface area (Å²) in [5, 5.41) is 17.5. The van der Waals surface area contributed by atoms with E-state index >= 15 is 0 Å². The van der Waals surface area contributed by atoms with Gasteiger partial charge >= 0.3 is 0 Å². The molecule has 0 heterocycles. The number of hydrogen-bond acceptors (Lipinski definition) is 2. The fraction of sp³-hybridized carbons (Fsp3) is 1.00. The third-order valence-electron chi connectivity index (χ3n) is 1.95. The highest BCUT2D eigenvalue weighted by Gasteiger charge is 2.08. The van der Waals surface area contributed by atoms with Crippen LogP contribution < -0.4 is 0 Å². The lowest BCUT2D eigenvalue weighted by atomic mass is 10.0. The van der Waals surface area contributed by atoms with Gasteiger partial charge in [-0.2, -0.15) is 0 Å². The Morgan fingerprint density at radius 3 is 1.71 bits per heavy atom. The van der Waals surface area contributed by atoms with Crippen LogP contribution in [0.1, 0.15) is 60.3 Å². The Morgan fingerprint density at radius 2 is 1.64 bits per heavy atom. The van der Waals surface area contributed by atoms with Gasteiger partial charge in [-0.3, -0.25) is 0 Å². The van der Waals surface area contributed by atoms with Gasteiger partial charge in [0, 0.05) is 6.61 Å². The van der Waals surface area contributed by atoms with Crippen molar-refractivity contribution in [2.75, 3.05) is 6.61 Å². The molecule has 0 aliphatic rings. The molecular formula is C12H28O2. The maximum absolute atomic E-state index is 9.02. The zero-order chi connectivity index (χ0) is 11.6. The Hall–Kier alpha value is -0.0800. The fourth-order valence-electron chi connectivity index (χ4n) is 1.20. The molecule has 1 unspecified atom stereocenters. The lowest BCUT2D eigenvalue weighted by Crippen LogP contribution is -2.16. The van der Waals surface area contributed by atoms with Crippen molar-refractivity contribution >= 4 is 0 Å². The van der Waals surface area contributed by atoms with Crippen LogP contribution in [0.25, 0.3) is 0 Å². The third kappa shape index (κ3) is 17.9. The lowest BCUT2D eigenvalue weighted by molar-refractivity contribution is 0.0703. The molecule has 0 aliphatic carbocycles. The molecule has 0 radical (unpaired) electrons. The predicted molar refractivity (Wildman–Crippen MR) is 62.4 cm³/mol. The van der Waals surface area contributed by atoms with Crippen LogP contribution in [0.2, 0.25) is 0 Å². The Bertz CT molecular complexity index is 105. The second kappa shape index (κ2) is 9.47. The topological polar surface area (TPSA) is 40.5 Å². The lowest BCUT2D eigenvalue weighted by Gasteiger charge is -2.14. The van der Waals surface area contributed by atoms with Crippen molar-refractivity contribution in [1.29, 1.82) is 0 Å². The van der Waals surface area contributed by atoms with E-state index in [4.69, 9.17) is 10.2 Å². The molecule has 0 bridgehead atoms. The third-order valence-corrected chi connectivity index (χ3v) is 1.95. The van der Waals surface area contributed by atoms with Gasteiger partial charge in [-0.15, -0.1) is 0 Å². The molecule has 0 spiro atoms. The van der Waals surface area contributed by atoms with Crippen LogP contribution in [-0.4, -0.2) is 22.4 Å². The minimum Gasteiger partial charge on any atom is -0.396 e. The number of aliphatic hydroxyl groups is 2. The Balaban J connectivity index is 0. The van der Waals surface area contributed by atoms with Gasteiger partial charge in [0.15, 0.2) is 0 Å². The molecule has 14 heavy (non-hydrogen) atoms. The first kappa shape index (κ1) is 16.4. The smallest absolute Gasteiger partial charge is 0.0591 e. The van der Waals surface area contributed by atoms with E-state index in [1.54, 1.807) is 0 Å². The Kier molecular flexibility index (Phi) is 11.1. The van der Waals surface area contributed by atoms with Crippen LogP contribution in [0.4, 0.5) is 0 Å². The Morgan fingerprint density at radius 1 is 1.14 bits per heavy atom. The van der Waals surface area contributed by atoms with E-state index < -0.39 is 5.60 Å². The molecule has 0 saturated carbocycles. The summed E-state index contributed by atoms with van der Waals surface area (Å²) in [6.45, 7) is 10.3. The van der Waals surface area contributed by atoms with Crippen LogP contribution >= 0.6 is 0 Å². The van der Waals surface area contributed by atoms with E-state index in [2.05, 4.69) is 20.8 Å². The van der Waals surface area contributed by atoms with Gasteiger partial charge < -0.3 is 10.2 Å². The molecule has 0 fully saturated rings. The maximum Gasteiger partial charge on any atom is 0.0591 e. The SMILES string of the molecule is CCCC(C)(C)O.CCCC(C)CO. The van der Waals surface area contributed by atoms with E-state index in [9.17, 15) is 0 Å². The summed E-state index contributed by atoms with van der Waals surface area (Å²) in [5.41, 5.74) is -0.450. The van der Waals surface area contributed by atoms with E-state index in [0.717, 1.165) is 19.3 Å². The molecule has 0 saturated heterocycles. The van der Waals surface area contributed by atoms with Gasteiger partial charge in [-0.1, -0.05) is 33.6 Å². The summed E-state index contributed by atoms with van der Waals surface area (Å²) >= 11 is 0. The highest BCUT2D eigenvalue weighted by Crippen LogP contribution is 2.08. The van der Waals surface area contributed by atoms with Crippen LogP contribution in [-0.2, 0) is 0 Å². The minimum atomic E-state index is -0.450. The largest absolute Gasteiger partial charge is 0.396 e.